The van der Waals surface area contributed by atoms with Gasteiger partial charge >= 0.3 is 0 Å². The third kappa shape index (κ3) is 2.87. The van der Waals surface area contributed by atoms with Crippen LogP contribution in [-0.4, -0.2) is 69.6 Å². The maximum absolute atomic E-state index is 12.5. The van der Waals surface area contributed by atoms with E-state index < -0.39 is 0 Å². The Morgan fingerprint density at radius 1 is 1.45 bits per heavy atom. The molecule has 1 aliphatic rings. The van der Waals surface area contributed by atoms with Crippen molar-refractivity contribution in [2.45, 2.75) is 19.4 Å². The van der Waals surface area contributed by atoms with Crippen LogP contribution < -0.4 is 4.90 Å². The van der Waals surface area contributed by atoms with E-state index in [0.717, 1.165) is 5.52 Å². The molecule has 0 bridgehead atoms. The van der Waals surface area contributed by atoms with E-state index in [1.54, 1.807) is 6.33 Å². The van der Waals surface area contributed by atoms with E-state index in [1.165, 1.54) is 6.33 Å². The van der Waals surface area contributed by atoms with Gasteiger partial charge in [0.1, 0.15) is 11.8 Å². The van der Waals surface area contributed by atoms with Crippen molar-refractivity contribution in [2.75, 3.05) is 38.2 Å². The molecule has 3 heterocycles. The van der Waals surface area contributed by atoms with Gasteiger partial charge in [0.2, 0.25) is 5.91 Å². The van der Waals surface area contributed by atoms with Crippen LogP contribution in [0.25, 0.3) is 11.2 Å². The summed E-state index contributed by atoms with van der Waals surface area (Å²) in [6.07, 6.45) is 3.03. The van der Waals surface area contributed by atoms with Gasteiger partial charge in [-0.15, -0.1) is 0 Å². The minimum Gasteiger partial charge on any atom is -0.372 e. The second kappa shape index (κ2) is 5.53. The molecule has 8 nitrogen and oxygen atoms in total. The normalized spacial score (nSPS) is 17.7. The van der Waals surface area contributed by atoms with Crippen LogP contribution in [0.4, 0.5) is 5.82 Å². The number of nitrogens with one attached hydrogen (secondary N) is 1. The number of H-pyrrole nitrogens is 1. The fourth-order valence-electron chi connectivity index (χ4n) is 2.65. The van der Waals surface area contributed by atoms with Crippen LogP contribution in [0.1, 0.15) is 13.8 Å². The van der Waals surface area contributed by atoms with Crippen molar-refractivity contribution in [3.63, 3.8) is 0 Å². The average molecular weight is 304 g/mol. The molecule has 8 heteroatoms. The lowest BCUT2D eigenvalue weighted by Crippen LogP contribution is -2.52. The number of aromatic nitrogens is 4. The Labute approximate surface area is 128 Å². The van der Waals surface area contributed by atoms with Crippen molar-refractivity contribution in [1.82, 2.24) is 24.8 Å². The van der Waals surface area contributed by atoms with E-state index in [2.05, 4.69) is 19.9 Å². The number of morpholine rings is 1. The van der Waals surface area contributed by atoms with E-state index in [1.807, 2.05) is 30.7 Å². The number of hydrogen-bond acceptors (Lipinski definition) is 6. The van der Waals surface area contributed by atoms with Crippen molar-refractivity contribution < 1.29 is 9.53 Å². The lowest BCUT2D eigenvalue weighted by Gasteiger charge is -2.38. The highest BCUT2D eigenvalue weighted by Gasteiger charge is 2.30. The number of carbonyl (C=O) groups excluding carboxylic acids is 1. The molecule has 0 aromatic carbocycles. The van der Waals surface area contributed by atoms with Gasteiger partial charge in [0, 0.05) is 20.1 Å². The van der Waals surface area contributed by atoms with Crippen molar-refractivity contribution in [1.29, 1.82) is 0 Å². The first-order valence-corrected chi connectivity index (χ1v) is 7.23. The summed E-state index contributed by atoms with van der Waals surface area (Å²) in [5.74, 6) is 0.730. The largest absolute Gasteiger partial charge is 0.372 e. The van der Waals surface area contributed by atoms with E-state index in [4.69, 9.17) is 4.74 Å². The topological polar surface area (TPSA) is 87.2 Å². The Morgan fingerprint density at radius 3 is 3.05 bits per heavy atom. The summed E-state index contributed by atoms with van der Waals surface area (Å²) in [7, 11) is 1.84. The van der Waals surface area contributed by atoms with Crippen molar-refractivity contribution in [3.8, 4) is 0 Å². The molecule has 2 aromatic heterocycles. The molecular weight excluding hydrogens is 284 g/mol. The fraction of sp³-hybridized carbons (Fsp3) is 0.571. The zero-order chi connectivity index (χ0) is 15.7. The van der Waals surface area contributed by atoms with Crippen molar-refractivity contribution in [3.05, 3.63) is 12.7 Å². The van der Waals surface area contributed by atoms with Gasteiger partial charge in [0.15, 0.2) is 11.5 Å². The van der Waals surface area contributed by atoms with Crippen molar-refractivity contribution in [2.24, 2.45) is 0 Å². The number of nitrogens with zero attached hydrogens (tertiary/aromatic N) is 5. The van der Waals surface area contributed by atoms with Gasteiger partial charge < -0.3 is 19.5 Å². The first kappa shape index (κ1) is 14.7. The van der Waals surface area contributed by atoms with Gasteiger partial charge in [-0.2, -0.15) is 0 Å². The number of hydrogen-bond donors (Lipinski definition) is 1. The summed E-state index contributed by atoms with van der Waals surface area (Å²) in [5, 5.41) is 0. The number of imidazole rings is 1. The molecule has 1 aliphatic heterocycles. The Balaban J connectivity index is 1.72. The maximum atomic E-state index is 12.5. The van der Waals surface area contributed by atoms with E-state index in [9.17, 15) is 4.79 Å². The van der Waals surface area contributed by atoms with E-state index in [0.29, 0.717) is 31.2 Å². The van der Waals surface area contributed by atoms with Crippen LogP contribution in [0, 0.1) is 0 Å². The fourth-order valence-corrected chi connectivity index (χ4v) is 2.65. The number of ether oxygens (including phenoxy) is 1. The molecular formula is C14H20N6O2. The molecule has 118 valence electrons. The van der Waals surface area contributed by atoms with Gasteiger partial charge in [0.25, 0.3) is 0 Å². The number of amides is 1. The summed E-state index contributed by atoms with van der Waals surface area (Å²) < 4.78 is 5.64. The Morgan fingerprint density at radius 2 is 2.27 bits per heavy atom. The first-order valence-electron chi connectivity index (χ1n) is 7.23. The number of aromatic amines is 1. The predicted molar refractivity (Wildman–Crippen MR) is 81.6 cm³/mol. The minimum atomic E-state index is -0.294. The molecule has 0 atom stereocenters. The smallest absolute Gasteiger partial charge is 0.242 e. The van der Waals surface area contributed by atoms with Crippen molar-refractivity contribution >= 4 is 22.9 Å². The molecule has 1 amide bonds. The molecule has 1 saturated heterocycles. The van der Waals surface area contributed by atoms with Gasteiger partial charge in [-0.1, -0.05) is 0 Å². The molecule has 0 saturated carbocycles. The Bertz CT molecular complexity index is 683. The third-order valence-corrected chi connectivity index (χ3v) is 3.72. The SMILES string of the molecule is CN(CC(=O)N1CCOC(C)(C)C1)c1ncnc2nc[nH]c12. The van der Waals surface area contributed by atoms with Gasteiger partial charge in [-0.05, 0) is 13.8 Å². The molecule has 22 heavy (non-hydrogen) atoms. The van der Waals surface area contributed by atoms with Crippen LogP contribution in [0.5, 0.6) is 0 Å². The summed E-state index contributed by atoms with van der Waals surface area (Å²) in [6.45, 7) is 6.04. The predicted octanol–water partition coefficient (Wildman–Crippen LogP) is 0.427. The molecule has 0 aliphatic carbocycles. The summed E-state index contributed by atoms with van der Waals surface area (Å²) in [5.41, 5.74) is 1.04. The molecule has 0 unspecified atom stereocenters. The third-order valence-electron chi connectivity index (χ3n) is 3.72. The monoisotopic (exact) mass is 304 g/mol. The molecule has 3 rings (SSSR count). The van der Waals surface area contributed by atoms with Crippen LogP contribution in [-0.2, 0) is 9.53 Å². The van der Waals surface area contributed by atoms with E-state index >= 15 is 0 Å². The number of anilines is 1. The number of likely N-dealkylation sites (N-methyl/N-ethyl adjacent to an activating group) is 1. The van der Waals surface area contributed by atoms with Gasteiger partial charge in [-0.3, -0.25) is 4.79 Å². The second-order valence-corrected chi connectivity index (χ2v) is 6.08. The summed E-state index contributed by atoms with van der Waals surface area (Å²) >= 11 is 0. The van der Waals surface area contributed by atoms with Gasteiger partial charge in [0.05, 0.1) is 25.1 Å². The van der Waals surface area contributed by atoms with Crippen LogP contribution in [0.2, 0.25) is 0 Å². The van der Waals surface area contributed by atoms with Gasteiger partial charge in [-0.25, -0.2) is 15.0 Å². The Kier molecular flexibility index (Phi) is 3.69. The molecule has 0 spiro atoms. The standard InChI is InChI=1S/C14H20N6O2/c1-14(2)7-20(4-5-22-14)10(21)6-19(3)13-11-12(16-8-15-11)17-9-18-13/h8-9H,4-7H2,1-3H3,(H,15,16,17,18). The lowest BCUT2D eigenvalue weighted by atomic mass is 10.1. The number of carbonyl (C=O) groups is 1. The quantitative estimate of drug-likeness (QED) is 0.884. The summed E-state index contributed by atoms with van der Waals surface area (Å²) in [4.78, 5) is 31.6. The minimum absolute atomic E-state index is 0.0603. The maximum Gasteiger partial charge on any atom is 0.242 e. The highest BCUT2D eigenvalue weighted by Crippen LogP contribution is 2.20. The van der Waals surface area contributed by atoms with E-state index in [-0.39, 0.29) is 18.1 Å². The van der Waals surface area contributed by atoms with Crippen LogP contribution in [0.15, 0.2) is 12.7 Å². The highest BCUT2D eigenvalue weighted by atomic mass is 16.5. The van der Waals surface area contributed by atoms with Crippen LogP contribution in [0.3, 0.4) is 0 Å². The summed E-state index contributed by atoms with van der Waals surface area (Å²) in [6, 6.07) is 0. The highest BCUT2D eigenvalue weighted by molar-refractivity contribution is 5.87. The average Bonchev–Trinajstić information content (AvgIpc) is 2.94. The molecule has 2 aromatic rings. The lowest BCUT2D eigenvalue weighted by molar-refractivity contribution is -0.144. The number of fused-ring (bicyclic) bond motifs is 1. The number of rotatable bonds is 3. The Hall–Kier alpha value is -2.22. The zero-order valence-electron chi connectivity index (χ0n) is 13.0. The molecule has 1 fully saturated rings. The second-order valence-electron chi connectivity index (χ2n) is 6.08. The molecule has 1 N–H and O–H groups in total. The zero-order valence-corrected chi connectivity index (χ0v) is 13.0. The van der Waals surface area contributed by atoms with Crippen LogP contribution >= 0.6 is 0 Å². The first-order chi connectivity index (χ1) is 10.5. The molecule has 0 radical (unpaired) electrons.